The lowest BCUT2D eigenvalue weighted by molar-refractivity contribution is -0.149. The molecule has 1 aromatic carbocycles. The summed E-state index contributed by atoms with van der Waals surface area (Å²) in [6, 6.07) is 7.39. The Bertz CT molecular complexity index is 544. The van der Waals surface area contributed by atoms with Gasteiger partial charge in [0, 0.05) is 19.2 Å². The van der Waals surface area contributed by atoms with Gasteiger partial charge in [0.05, 0.1) is 6.54 Å². The van der Waals surface area contributed by atoms with Gasteiger partial charge in [0.2, 0.25) is 11.8 Å². The second kappa shape index (κ2) is 5.36. The third kappa shape index (κ3) is 2.90. The monoisotopic (exact) mass is 277 g/mol. The molecule has 0 unspecified atom stereocenters. The molecule has 1 saturated heterocycles. The fraction of sp³-hybridized carbons (Fsp3) is 0.308. The van der Waals surface area contributed by atoms with Crippen LogP contribution in [0, 0.1) is 0 Å². The van der Waals surface area contributed by atoms with Crippen molar-refractivity contribution in [2.24, 2.45) is 5.73 Å². The first-order valence-electron chi connectivity index (χ1n) is 5.88. The van der Waals surface area contributed by atoms with Gasteiger partial charge in [-0.25, -0.2) is 0 Å². The lowest BCUT2D eigenvalue weighted by Crippen LogP contribution is -2.51. The van der Waals surface area contributed by atoms with E-state index in [-0.39, 0.29) is 24.9 Å². The number of piperazine rings is 1. The predicted octanol–water partition coefficient (Wildman–Crippen LogP) is 0.121. The average molecular weight is 277 g/mol. The van der Waals surface area contributed by atoms with Crippen LogP contribution in [0.4, 0.5) is 0 Å². The number of hydrogen-bond donors (Lipinski definition) is 1. The topological polar surface area (TPSA) is 66.6 Å². The number of rotatable bonds is 3. The molecule has 6 heteroatoms. The number of likely N-dealkylation sites (N-methyl/N-ethyl adjacent to an activating group) is 1. The summed E-state index contributed by atoms with van der Waals surface area (Å²) in [5.41, 5.74) is 7.27. The molecule has 0 atom stereocenters. The smallest absolute Gasteiger partial charge is 0.242 e. The minimum absolute atomic E-state index is 0.0626. The van der Waals surface area contributed by atoms with Gasteiger partial charge < -0.3 is 15.5 Å². The fourth-order valence-corrected chi connectivity index (χ4v) is 2.21. The molecule has 1 aliphatic heterocycles. The quantitative estimate of drug-likeness (QED) is 0.797. The Hall–Kier alpha value is -1.95. The summed E-state index contributed by atoms with van der Waals surface area (Å²) in [5.74, 6) is -0.132. The van der Waals surface area contributed by atoms with Crippen molar-refractivity contribution in [3.05, 3.63) is 35.4 Å². The molecule has 5 nitrogen and oxygen atoms in total. The van der Waals surface area contributed by atoms with Gasteiger partial charge in [0.25, 0.3) is 0 Å². The normalized spacial score (nSPS) is 15.8. The van der Waals surface area contributed by atoms with E-state index < -0.39 is 0 Å². The van der Waals surface area contributed by atoms with Crippen molar-refractivity contribution in [2.75, 3.05) is 20.1 Å². The van der Waals surface area contributed by atoms with Crippen LogP contribution in [-0.4, -0.2) is 46.7 Å². The van der Waals surface area contributed by atoms with Crippen LogP contribution in [0.1, 0.15) is 11.1 Å². The molecule has 100 valence electrons. The Morgan fingerprint density at radius 3 is 2.63 bits per heavy atom. The van der Waals surface area contributed by atoms with Gasteiger partial charge in [-0.05, 0) is 5.56 Å². The molecule has 0 aliphatic carbocycles. The standard InChI is InChI=1S/C13H15N3O2S/c1-15-7-12(18)16(8-11(15)17)6-9-4-2-3-5-10(9)13(14)19/h2-5H,6-8H2,1H3,(H2,14,19). The summed E-state index contributed by atoms with van der Waals surface area (Å²) in [5, 5.41) is 0. The van der Waals surface area contributed by atoms with Crippen molar-refractivity contribution in [3.63, 3.8) is 0 Å². The molecule has 2 rings (SSSR count). The zero-order valence-corrected chi connectivity index (χ0v) is 11.4. The Kier molecular flexibility index (Phi) is 3.80. The van der Waals surface area contributed by atoms with Crippen LogP contribution in [0.25, 0.3) is 0 Å². The molecule has 1 aliphatic rings. The third-order valence-corrected chi connectivity index (χ3v) is 3.34. The Balaban J connectivity index is 2.20. The molecule has 1 fully saturated rings. The summed E-state index contributed by atoms with van der Waals surface area (Å²) >= 11 is 4.99. The Labute approximate surface area is 117 Å². The zero-order chi connectivity index (χ0) is 14.0. The lowest BCUT2D eigenvalue weighted by atomic mass is 10.1. The number of nitrogens with two attached hydrogens (primary N) is 1. The van der Waals surface area contributed by atoms with Crippen molar-refractivity contribution in [1.29, 1.82) is 0 Å². The number of nitrogens with zero attached hydrogens (tertiary/aromatic N) is 2. The molecule has 0 aromatic heterocycles. The van der Waals surface area contributed by atoms with Gasteiger partial charge in [0.15, 0.2) is 0 Å². The van der Waals surface area contributed by atoms with E-state index in [9.17, 15) is 9.59 Å². The van der Waals surface area contributed by atoms with Crippen molar-refractivity contribution >= 4 is 29.0 Å². The van der Waals surface area contributed by atoms with E-state index in [4.69, 9.17) is 18.0 Å². The van der Waals surface area contributed by atoms with Crippen molar-refractivity contribution in [1.82, 2.24) is 9.80 Å². The SMILES string of the molecule is CN1CC(=O)N(Cc2ccccc2C(N)=S)CC1=O. The summed E-state index contributed by atoms with van der Waals surface area (Å²) in [6.07, 6.45) is 0. The van der Waals surface area contributed by atoms with E-state index in [1.165, 1.54) is 9.80 Å². The summed E-state index contributed by atoms with van der Waals surface area (Å²) in [7, 11) is 1.63. The maximum absolute atomic E-state index is 11.9. The Morgan fingerprint density at radius 2 is 1.95 bits per heavy atom. The Morgan fingerprint density at radius 1 is 1.26 bits per heavy atom. The van der Waals surface area contributed by atoms with Gasteiger partial charge >= 0.3 is 0 Å². The first-order valence-corrected chi connectivity index (χ1v) is 6.29. The van der Waals surface area contributed by atoms with Crippen LogP contribution in [0.3, 0.4) is 0 Å². The van der Waals surface area contributed by atoms with E-state index in [0.717, 1.165) is 11.1 Å². The molecular weight excluding hydrogens is 262 g/mol. The molecule has 19 heavy (non-hydrogen) atoms. The van der Waals surface area contributed by atoms with E-state index in [2.05, 4.69) is 0 Å². The fourth-order valence-electron chi connectivity index (χ4n) is 2.01. The molecule has 2 amide bonds. The lowest BCUT2D eigenvalue weighted by Gasteiger charge is -2.32. The maximum atomic E-state index is 11.9. The van der Waals surface area contributed by atoms with Crippen LogP contribution < -0.4 is 5.73 Å². The molecular formula is C13H15N3O2S. The largest absolute Gasteiger partial charge is 0.389 e. The highest BCUT2D eigenvalue weighted by Crippen LogP contribution is 2.14. The second-order valence-corrected chi connectivity index (χ2v) is 4.96. The van der Waals surface area contributed by atoms with Crippen molar-refractivity contribution in [3.8, 4) is 0 Å². The molecule has 0 spiro atoms. The number of carbonyl (C=O) groups is 2. The number of amides is 2. The zero-order valence-electron chi connectivity index (χ0n) is 10.6. The predicted molar refractivity (Wildman–Crippen MR) is 75.4 cm³/mol. The van der Waals surface area contributed by atoms with E-state index in [1.54, 1.807) is 7.05 Å². The van der Waals surface area contributed by atoms with Gasteiger partial charge in [-0.1, -0.05) is 36.5 Å². The number of thiocarbonyl (C=S) groups is 1. The molecule has 2 N–H and O–H groups in total. The number of hydrogen-bond acceptors (Lipinski definition) is 3. The van der Waals surface area contributed by atoms with Crippen LogP contribution >= 0.6 is 12.2 Å². The van der Waals surface area contributed by atoms with Gasteiger partial charge in [-0.15, -0.1) is 0 Å². The van der Waals surface area contributed by atoms with Gasteiger partial charge in [0.1, 0.15) is 11.5 Å². The summed E-state index contributed by atoms with van der Waals surface area (Å²) in [6.45, 7) is 0.570. The number of benzene rings is 1. The molecule has 1 aromatic rings. The first-order chi connectivity index (χ1) is 8.99. The minimum atomic E-state index is -0.0696. The van der Waals surface area contributed by atoms with Crippen molar-refractivity contribution < 1.29 is 9.59 Å². The molecule has 0 saturated carbocycles. The average Bonchev–Trinajstić information content (AvgIpc) is 2.36. The van der Waals surface area contributed by atoms with Crippen molar-refractivity contribution in [2.45, 2.75) is 6.54 Å². The van der Waals surface area contributed by atoms with Crippen LogP contribution in [0.2, 0.25) is 0 Å². The maximum Gasteiger partial charge on any atom is 0.242 e. The second-order valence-electron chi connectivity index (χ2n) is 4.52. The molecule has 0 bridgehead atoms. The third-order valence-electron chi connectivity index (χ3n) is 3.12. The van der Waals surface area contributed by atoms with Gasteiger partial charge in [-0.3, -0.25) is 9.59 Å². The van der Waals surface area contributed by atoms with Crippen LogP contribution in [-0.2, 0) is 16.1 Å². The summed E-state index contributed by atoms with van der Waals surface area (Å²) in [4.78, 5) is 26.8. The van der Waals surface area contributed by atoms with E-state index >= 15 is 0 Å². The van der Waals surface area contributed by atoms with Crippen LogP contribution in [0.15, 0.2) is 24.3 Å². The van der Waals surface area contributed by atoms with Gasteiger partial charge in [-0.2, -0.15) is 0 Å². The highest BCUT2D eigenvalue weighted by molar-refractivity contribution is 7.80. The summed E-state index contributed by atoms with van der Waals surface area (Å²) < 4.78 is 0. The molecule has 0 radical (unpaired) electrons. The highest BCUT2D eigenvalue weighted by Gasteiger charge is 2.27. The first kappa shape index (κ1) is 13.5. The van der Waals surface area contributed by atoms with E-state index in [1.807, 2.05) is 24.3 Å². The minimum Gasteiger partial charge on any atom is -0.389 e. The van der Waals surface area contributed by atoms with Crippen LogP contribution in [0.5, 0.6) is 0 Å². The highest BCUT2D eigenvalue weighted by atomic mass is 32.1. The molecule has 1 heterocycles. The van der Waals surface area contributed by atoms with E-state index in [0.29, 0.717) is 11.5 Å². The number of carbonyl (C=O) groups excluding carboxylic acids is 2.